The number of likely N-dealkylation sites (N-methyl/N-ethyl adjacent to an activating group) is 1. The number of aromatic nitrogens is 2. The fraction of sp³-hybridized carbons (Fsp3) is 0.778. The maximum absolute atomic E-state index is 12.5. The van der Waals surface area contributed by atoms with Crippen LogP contribution < -0.4 is 5.32 Å². The Balaban J connectivity index is 1.51. The maximum atomic E-state index is 12.5. The molecule has 2 aliphatic rings. The van der Waals surface area contributed by atoms with E-state index >= 15 is 0 Å². The van der Waals surface area contributed by atoms with Crippen LogP contribution in [0, 0.1) is 6.92 Å². The molecule has 0 aliphatic carbocycles. The van der Waals surface area contributed by atoms with E-state index in [1.165, 1.54) is 0 Å². The number of likely N-dealkylation sites (tertiary alicyclic amines) is 1. The molecule has 0 unspecified atom stereocenters. The van der Waals surface area contributed by atoms with Crippen LogP contribution in [0.5, 0.6) is 0 Å². The number of nitrogens with one attached hydrogen (secondary N) is 1. The first-order valence-corrected chi connectivity index (χ1v) is 9.15. The summed E-state index contributed by atoms with van der Waals surface area (Å²) in [5.74, 6) is 0.178. The number of aliphatic hydroxyl groups is 1. The van der Waals surface area contributed by atoms with Gasteiger partial charge in [0.05, 0.1) is 12.2 Å². The Hall–Kier alpha value is -1.44. The molecular weight excluding hydrogens is 320 g/mol. The average molecular weight is 350 g/mol. The topological polar surface area (TPSA) is 79.6 Å². The lowest BCUT2D eigenvalue weighted by Crippen LogP contribution is -2.62. The number of aryl methyl sites for hydroxylation is 2. The standard InChI is InChI=1S/C18H30N4O3/c1-14-4-8-20-22(14)9-5-16(23)21-10-6-18(7-11-21)12-15(19-3)17(2,24)13-25-18/h4,8,15,19,24H,5-7,9-13H2,1-3H3/t15-,17-/m0/s1. The molecule has 0 saturated carbocycles. The minimum Gasteiger partial charge on any atom is -0.386 e. The van der Waals surface area contributed by atoms with Crippen molar-refractivity contribution in [1.82, 2.24) is 20.0 Å². The van der Waals surface area contributed by atoms with E-state index in [1.54, 1.807) is 6.20 Å². The SMILES string of the molecule is CN[C@H]1CC2(CCN(C(=O)CCn3nccc3C)CC2)OC[C@]1(C)O. The molecule has 0 radical (unpaired) electrons. The van der Waals surface area contributed by atoms with Crippen LogP contribution in [0.25, 0.3) is 0 Å². The first-order chi connectivity index (χ1) is 11.9. The third kappa shape index (κ3) is 3.88. The van der Waals surface area contributed by atoms with Gasteiger partial charge in [0.1, 0.15) is 5.60 Å². The first-order valence-electron chi connectivity index (χ1n) is 9.15. The quantitative estimate of drug-likeness (QED) is 0.836. The zero-order chi connectivity index (χ0) is 18.1. The number of piperidine rings is 1. The molecule has 1 aromatic rings. The van der Waals surface area contributed by atoms with Crippen LogP contribution in [0.2, 0.25) is 0 Å². The van der Waals surface area contributed by atoms with Crippen molar-refractivity contribution in [3.8, 4) is 0 Å². The molecule has 2 saturated heterocycles. The van der Waals surface area contributed by atoms with Crippen LogP contribution in [0.15, 0.2) is 12.3 Å². The average Bonchev–Trinajstić information content (AvgIpc) is 3.01. The summed E-state index contributed by atoms with van der Waals surface area (Å²) in [6.07, 6.45) is 4.68. The van der Waals surface area contributed by atoms with Crippen LogP contribution in [0.4, 0.5) is 0 Å². The van der Waals surface area contributed by atoms with Gasteiger partial charge in [0, 0.05) is 44.0 Å². The number of amides is 1. The monoisotopic (exact) mass is 350 g/mol. The fourth-order valence-electron chi connectivity index (χ4n) is 3.97. The van der Waals surface area contributed by atoms with Crippen molar-refractivity contribution >= 4 is 5.91 Å². The van der Waals surface area contributed by atoms with Gasteiger partial charge in [-0.25, -0.2) is 0 Å². The molecule has 7 nitrogen and oxygen atoms in total. The Morgan fingerprint density at radius 1 is 1.48 bits per heavy atom. The fourth-order valence-corrected chi connectivity index (χ4v) is 3.97. The summed E-state index contributed by atoms with van der Waals surface area (Å²) in [5, 5.41) is 17.9. The number of rotatable bonds is 4. The summed E-state index contributed by atoms with van der Waals surface area (Å²) in [6, 6.07) is 1.97. The van der Waals surface area contributed by atoms with Crippen molar-refractivity contribution < 1.29 is 14.6 Å². The van der Waals surface area contributed by atoms with Crippen molar-refractivity contribution in [2.24, 2.45) is 0 Å². The van der Waals surface area contributed by atoms with Gasteiger partial charge < -0.3 is 20.1 Å². The highest BCUT2D eigenvalue weighted by atomic mass is 16.5. The molecular formula is C18H30N4O3. The number of ether oxygens (including phenoxy) is 1. The Morgan fingerprint density at radius 2 is 2.20 bits per heavy atom. The molecule has 0 bridgehead atoms. The zero-order valence-corrected chi connectivity index (χ0v) is 15.5. The first kappa shape index (κ1) is 18.4. The number of hydrogen-bond donors (Lipinski definition) is 2. The second-order valence-electron chi connectivity index (χ2n) is 7.70. The molecule has 7 heteroatoms. The highest BCUT2D eigenvalue weighted by Gasteiger charge is 2.48. The van der Waals surface area contributed by atoms with Crippen molar-refractivity contribution in [2.45, 2.75) is 63.3 Å². The summed E-state index contributed by atoms with van der Waals surface area (Å²) in [6.45, 7) is 6.21. The Labute approximate surface area is 149 Å². The van der Waals surface area contributed by atoms with Crippen molar-refractivity contribution in [1.29, 1.82) is 0 Å². The van der Waals surface area contributed by atoms with Gasteiger partial charge in [0.2, 0.25) is 5.91 Å². The minimum absolute atomic E-state index is 0.0197. The summed E-state index contributed by atoms with van der Waals surface area (Å²) in [4.78, 5) is 14.4. The zero-order valence-electron chi connectivity index (χ0n) is 15.5. The van der Waals surface area contributed by atoms with Gasteiger partial charge in [-0.15, -0.1) is 0 Å². The molecule has 1 aromatic heterocycles. The third-order valence-electron chi connectivity index (χ3n) is 5.84. The Bertz CT molecular complexity index is 605. The molecule has 2 N–H and O–H groups in total. The smallest absolute Gasteiger partial charge is 0.224 e. The van der Waals surface area contributed by atoms with Gasteiger partial charge in [-0.05, 0) is 46.2 Å². The maximum Gasteiger partial charge on any atom is 0.224 e. The lowest BCUT2D eigenvalue weighted by molar-refractivity contribution is -0.192. The van der Waals surface area contributed by atoms with Crippen molar-refractivity contribution in [3.05, 3.63) is 18.0 Å². The van der Waals surface area contributed by atoms with Gasteiger partial charge >= 0.3 is 0 Å². The molecule has 1 spiro atoms. The second kappa shape index (κ2) is 7.05. The van der Waals surface area contributed by atoms with Gasteiger partial charge in [0.15, 0.2) is 0 Å². The van der Waals surface area contributed by atoms with Crippen LogP contribution in [-0.2, 0) is 16.1 Å². The van der Waals surface area contributed by atoms with E-state index in [2.05, 4.69) is 10.4 Å². The summed E-state index contributed by atoms with van der Waals surface area (Å²) in [7, 11) is 1.88. The molecule has 3 heterocycles. The molecule has 2 aliphatic heterocycles. The van der Waals surface area contributed by atoms with Crippen LogP contribution in [0.1, 0.15) is 38.3 Å². The Kier molecular flexibility index (Phi) is 5.18. The van der Waals surface area contributed by atoms with Crippen molar-refractivity contribution in [2.75, 3.05) is 26.7 Å². The second-order valence-corrected chi connectivity index (χ2v) is 7.70. The van der Waals surface area contributed by atoms with Crippen LogP contribution in [0.3, 0.4) is 0 Å². The highest BCUT2D eigenvalue weighted by molar-refractivity contribution is 5.76. The summed E-state index contributed by atoms with van der Waals surface area (Å²) >= 11 is 0. The van der Waals surface area contributed by atoms with E-state index < -0.39 is 5.60 Å². The highest BCUT2D eigenvalue weighted by Crippen LogP contribution is 2.38. The van der Waals surface area contributed by atoms with Gasteiger partial charge in [-0.1, -0.05) is 0 Å². The molecule has 140 valence electrons. The minimum atomic E-state index is -0.839. The molecule has 2 atom stereocenters. The summed E-state index contributed by atoms with van der Waals surface area (Å²) < 4.78 is 7.94. The molecule has 3 rings (SSSR count). The number of carbonyl (C=O) groups excluding carboxylic acids is 1. The van der Waals surface area contributed by atoms with Crippen LogP contribution in [-0.4, -0.2) is 69.7 Å². The van der Waals surface area contributed by atoms with E-state index in [9.17, 15) is 9.90 Å². The van der Waals surface area contributed by atoms with E-state index in [0.29, 0.717) is 19.6 Å². The molecule has 25 heavy (non-hydrogen) atoms. The Morgan fingerprint density at radius 3 is 2.80 bits per heavy atom. The number of nitrogens with zero attached hydrogens (tertiary/aromatic N) is 3. The predicted octanol–water partition coefficient (Wildman–Crippen LogP) is 0.702. The van der Waals surface area contributed by atoms with E-state index in [0.717, 1.165) is 38.0 Å². The van der Waals surface area contributed by atoms with Crippen molar-refractivity contribution in [3.63, 3.8) is 0 Å². The van der Waals surface area contributed by atoms with E-state index in [-0.39, 0.29) is 17.6 Å². The normalized spacial score (nSPS) is 29.1. The molecule has 1 amide bonds. The third-order valence-corrected chi connectivity index (χ3v) is 5.84. The summed E-state index contributed by atoms with van der Waals surface area (Å²) in [5.41, 5.74) is 0.0194. The van der Waals surface area contributed by atoms with Crippen LogP contribution >= 0.6 is 0 Å². The lowest BCUT2D eigenvalue weighted by Gasteiger charge is -2.50. The van der Waals surface area contributed by atoms with E-state index in [4.69, 9.17) is 4.74 Å². The largest absolute Gasteiger partial charge is 0.386 e. The van der Waals surface area contributed by atoms with Gasteiger partial charge in [-0.2, -0.15) is 5.10 Å². The molecule has 2 fully saturated rings. The lowest BCUT2D eigenvalue weighted by atomic mass is 9.77. The van der Waals surface area contributed by atoms with Gasteiger partial charge in [0.25, 0.3) is 0 Å². The van der Waals surface area contributed by atoms with Gasteiger partial charge in [-0.3, -0.25) is 9.48 Å². The number of hydrogen-bond acceptors (Lipinski definition) is 5. The predicted molar refractivity (Wildman–Crippen MR) is 94.2 cm³/mol. The molecule has 0 aromatic carbocycles. The number of carbonyl (C=O) groups is 1. The van der Waals surface area contributed by atoms with E-state index in [1.807, 2.05) is 36.5 Å².